The second-order valence-electron chi connectivity index (χ2n) is 5.78. The minimum absolute atomic E-state index is 0.125. The molecule has 0 aromatic heterocycles. The van der Waals surface area contributed by atoms with Gasteiger partial charge in [-0.15, -0.1) is 11.8 Å². The van der Waals surface area contributed by atoms with E-state index in [9.17, 15) is 9.59 Å². The standard InChI is InChI=1S/C19H21ClN2O3S/c1-19(25-2,13-7-6-8-14(20)11-13)12-21-17(23)18(24)22-15-9-4-5-10-16(15)26-3/h4-11H,12H2,1-3H3,(H,21,23)(H,22,24)/t19-/m0/s1. The zero-order chi connectivity index (χ0) is 19.2. The van der Waals surface area contributed by atoms with Crippen LogP contribution in [0, 0.1) is 0 Å². The second kappa shape index (κ2) is 9.07. The predicted molar refractivity (Wildman–Crippen MR) is 106 cm³/mol. The van der Waals surface area contributed by atoms with Crippen LogP contribution in [-0.4, -0.2) is 31.7 Å². The molecule has 2 aromatic rings. The highest BCUT2D eigenvalue weighted by Crippen LogP contribution is 2.26. The van der Waals surface area contributed by atoms with Gasteiger partial charge in [-0.25, -0.2) is 0 Å². The maximum absolute atomic E-state index is 12.2. The summed E-state index contributed by atoms with van der Waals surface area (Å²) in [5.74, 6) is -1.46. The highest BCUT2D eigenvalue weighted by Gasteiger charge is 2.28. The Morgan fingerprint density at radius 2 is 1.88 bits per heavy atom. The average molecular weight is 393 g/mol. The lowest BCUT2D eigenvalue weighted by Crippen LogP contribution is -2.44. The van der Waals surface area contributed by atoms with E-state index in [1.165, 1.54) is 11.8 Å². The van der Waals surface area contributed by atoms with Crippen LogP contribution in [0.2, 0.25) is 5.02 Å². The van der Waals surface area contributed by atoms with Crippen molar-refractivity contribution in [3.8, 4) is 0 Å². The van der Waals surface area contributed by atoms with Crippen molar-refractivity contribution in [1.29, 1.82) is 0 Å². The zero-order valence-electron chi connectivity index (χ0n) is 14.8. The highest BCUT2D eigenvalue weighted by molar-refractivity contribution is 7.98. The molecule has 0 aliphatic carbocycles. The van der Waals surface area contributed by atoms with E-state index < -0.39 is 17.4 Å². The first kappa shape index (κ1) is 20.3. The van der Waals surface area contributed by atoms with Gasteiger partial charge in [0.15, 0.2) is 0 Å². The van der Waals surface area contributed by atoms with E-state index in [0.29, 0.717) is 10.7 Å². The monoisotopic (exact) mass is 392 g/mol. The Balaban J connectivity index is 2.03. The summed E-state index contributed by atoms with van der Waals surface area (Å²) in [6.45, 7) is 1.94. The van der Waals surface area contributed by atoms with Crippen LogP contribution in [0.15, 0.2) is 53.4 Å². The molecule has 0 saturated heterocycles. The third kappa shape index (κ3) is 5.00. The number of nitrogens with one attached hydrogen (secondary N) is 2. The van der Waals surface area contributed by atoms with Gasteiger partial charge in [-0.3, -0.25) is 9.59 Å². The second-order valence-corrected chi connectivity index (χ2v) is 7.07. The molecule has 0 bridgehead atoms. The lowest BCUT2D eigenvalue weighted by Gasteiger charge is -2.29. The first-order chi connectivity index (χ1) is 12.4. The van der Waals surface area contributed by atoms with Crippen molar-refractivity contribution < 1.29 is 14.3 Å². The van der Waals surface area contributed by atoms with E-state index in [0.717, 1.165) is 10.5 Å². The van der Waals surface area contributed by atoms with Gasteiger partial charge in [-0.05, 0) is 43.0 Å². The molecule has 5 nitrogen and oxygen atoms in total. The van der Waals surface area contributed by atoms with Gasteiger partial charge in [0.05, 0.1) is 12.2 Å². The molecule has 0 aliphatic rings. The van der Waals surface area contributed by atoms with E-state index in [2.05, 4.69) is 10.6 Å². The molecular formula is C19H21ClN2O3S. The highest BCUT2D eigenvalue weighted by atomic mass is 35.5. The SMILES string of the molecule is CO[C@@](C)(CNC(=O)C(=O)Nc1ccccc1SC)c1cccc(Cl)c1. The molecule has 0 heterocycles. The maximum atomic E-state index is 12.2. The number of thioether (sulfide) groups is 1. The molecule has 0 spiro atoms. The van der Waals surface area contributed by atoms with Crippen molar-refractivity contribution >= 4 is 40.9 Å². The number of para-hydroxylation sites is 1. The molecule has 2 aromatic carbocycles. The molecule has 26 heavy (non-hydrogen) atoms. The molecule has 0 saturated carbocycles. The number of hydrogen-bond acceptors (Lipinski definition) is 4. The van der Waals surface area contributed by atoms with Crippen molar-refractivity contribution in [3.63, 3.8) is 0 Å². The summed E-state index contributed by atoms with van der Waals surface area (Å²) in [6.07, 6.45) is 1.90. The maximum Gasteiger partial charge on any atom is 0.313 e. The van der Waals surface area contributed by atoms with Gasteiger partial charge >= 0.3 is 11.8 Å². The number of benzene rings is 2. The van der Waals surface area contributed by atoms with Crippen LogP contribution < -0.4 is 10.6 Å². The largest absolute Gasteiger partial charge is 0.372 e. The Kier molecular flexibility index (Phi) is 7.08. The summed E-state index contributed by atoms with van der Waals surface area (Å²) < 4.78 is 5.56. The molecule has 2 amide bonds. The molecule has 0 aliphatic heterocycles. The zero-order valence-corrected chi connectivity index (χ0v) is 16.4. The van der Waals surface area contributed by atoms with Crippen LogP contribution >= 0.6 is 23.4 Å². The number of ether oxygens (including phenoxy) is 1. The fourth-order valence-electron chi connectivity index (χ4n) is 2.37. The van der Waals surface area contributed by atoms with Crippen molar-refractivity contribution in [2.24, 2.45) is 0 Å². The topological polar surface area (TPSA) is 67.4 Å². The average Bonchev–Trinajstić information content (AvgIpc) is 2.66. The van der Waals surface area contributed by atoms with Crippen LogP contribution in [0.5, 0.6) is 0 Å². The number of halogens is 1. The van der Waals surface area contributed by atoms with Gasteiger partial charge in [0.1, 0.15) is 5.60 Å². The van der Waals surface area contributed by atoms with Crippen LogP contribution in [0.1, 0.15) is 12.5 Å². The Hall–Kier alpha value is -2.02. The van der Waals surface area contributed by atoms with Crippen LogP contribution in [-0.2, 0) is 19.9 Å². The molecule has 7 heteroatoms. The third-order valence-corrected chi connectivity index (χ3v) is 5.06. The van der Waals surface area contributed by atoms with E-state index in [4.69, 9.17) is 16.3 Å². The number of anilines is 1. The van der Waals surface area contributed by atoms with Crippen LogP contribution in [0.4, 0.5) is 5.69 Å². The minimum atomic E-state index is -0.808. The van der Waals surface area contributed by atoms with Crippen molar-refractivity contribution in [3.05, 3.63) is 59.1 Å². The van der Waals surface area contributed by atoms with Crippen molar-refractivity contribution in [2.75, 3.05) is 25.2 Å². The minimum Gasteiger partial charge on any atom is -0.372 e. The lowest BCUT2D eigenvalue weighted by molar-refractivity contribution is -0.137. The number of rotatable bonds is 6. The summed E-state index contributed by atoms with van der Waals surface area (Å²) in [5, 5.41) is 5.83. The fourth-order valence-corrected chi connectivity index (χ4v) is 3.11. The van der Waals surface area contributed by atoms with Crippen molar-refractivity contribution in [1.82, 2.24) is 5.32 Å². The summed E-state index contributed by atoms with van der Waals surface area (Å²) >= 11 is 7.52. The third-order valence-electron chi connectivity index (χ3n) is 4.03. The fraction of sp³-hybridized carbons (Fsp3) is 0.263. The summed E-state index contributed by atoms with van der Waals surface area (Å²) in [5.41, 5.74) is 0.600. The van der Waals surface area contributed by atoms with E-state index in [1.807, 2.05) is 37.4 Å². The van der Waals surface area contributed by atoms with E-state index in [1.54, 1.807) is 31.4 Å². The molecule has 138 valence electrons. The molecule has 2 N–H and O–H groups in total. The Labute approximate surface area is 162 Å². The number of carbonyl (C=O) groups is 2. The predicted octanol–water partition coefficient (Wildman–Crippen LogP) is 3.68. The molecule has 1 atom stereocenters. The summed E-state index contributed by atoms with van der Waals surface area (Å²) in [7, 11) is 1.54. The van der Waals surface area contributed by atoms with Crippen LogP contribution in [0.3, 0.4) is 0 Å². The van der Waals surface area contributed by atoms with Gasteiger partial charge in [0.2, 0.25) is 0 Å². The van der Waals surface area contributed by atoms with Gasteiger partial charge < -0.3 is 15.4 Å². The number of hydrogen-bond donors (Lipinski definition) is 2. The van der Waals surface area contributed by atoms with Gasteiger partial charge in [0.25, 0.3) is 0 Å². The van der Waals surface area contributed by atoms with Gasteiger partial charge in [0, 0.05) is 17.0 Å². The summed E-state index contributed by atoms with van der Waals surface area (Å²) in [4.78, 5) is 25.3. The number of carbonyl (C=O) groups excluding carboxylic acids is 2. The van der Waals surface area contributed by atoms with Gasteiger partial charge in [-0.1, -0.05) is 35.9 Å². The Bertz CT molecular complexity index is 800. The molecule has 0 radical (unpaired) electrons. The van der Waals surface area contributed by atoms with Gasteiger partial charge in [-0.2, -0.15) is 0 Å². The Morgan fingerprint density at radius 3 is 2.54 bits per heavy atom. The summed E-state index contributed by atoms with van der Waals surface area (Å²) in [6, 6.07) is 14.5. The number of methoxy groups -OCH3 is 1. The lowest BCUT2D eigenvalue weighted by atomic mass is 9.95. The van der Waals surface area contributed by atoms with Crippen LogP contribution in [0.25, 0.3) is 0 Å². The van der Waals surface area contributed by atoms with E-state index in [-0.39, 0.29) is 6.54 Å². The molecular weight excluding hydrogens is 372 g/mol. The van der Waals surface area contributed by atoms with E-state index >= 15 is 0 Å². The molecule has 0 unspecified atom stereocenters. The Morgan fingerprint density at radius 1 is 1.15 bits per heavy atom. The normalized spacial score (nSPS) is 12.9. The first-order valence-electron chi connectivity index (χ1n) is 7.93. The quantitative estimate of drug-likeness (QED) is 0.581. The smallest absolute Gasteiger partial charge is 0.313 e. The molecule has 0 fully saturated rings. The number of amides is 2. The molecule has 2 rings (SSSR count). The first-order valence-corrected chi connectivity index (χ1v) is 9.53. The van der Waals surface area contributed by atoms with Crippen molar-refractivity contribution in [2.45, 2.75) is 17.4 Å².